The largest absolute Gasteiger partial charge is 0.295 e. The highest BCUT2D eigenvalue weighted by Crippen LogP contribution is 2.29. The molecule has 124 valence electrons. The summed E-state index contributed by atoms with van der Waals surface area (Å²) in [6.45, 7) is 5.06. The number of fused-ring (bicyclic) bond motifs is 2. The van der Waals surface area contributed by atoms with Crippen molar-refractivity contribution >= 4 is 11.0 Å². The van der Waals surface area contributed by atoms with E-state index in [1.54, 1.807) is 22.9 Å². The van der Waals surface area contributed by atoms with Crippen LogP contribution in [0.15, 0.2) is 41.3 Å². The lowest BCUT2D eigenvalue weighted by atomic mass is 9.85. The van der Waals surface area contributed by atoms with Crippen LogP contribution in [-0.4, -0.2) is 19.5 Å². The molecule has 0 unspecified atom stereocenters. The minimum absolute atomic E-state index is 0.00971. The third-order valence-electron chi connectivity index (χ3n) is 4.49. The molecular weight excluding hydrogens is 312 g/mol. The van der Waals surface area contributed by atoms with Gasteiger partial charge in [0.15, 0.2) is 5.65 Å². The quantitative estimate of drug-likeness (QED) is 0.594. The summed E-state index contributed by atoms with van der Waals surface area (Å²) in [5.41, 5.74) is 1.86. The lowest BCUT2D eigenvalue weighted by Gasteiger charge is -2.31. The maximum atomic E-state index is 12.8. The zero-order valence-electron chi connectivity index (χ0n) is 14.3. The van der Waals surface area contributed by atoms with Crippen LogP contribution in [0, 0.1) is 17.3 Å². The molecule has 4 rings (SSSR count). The van der Waals surface area contributed by atoms with E-state index in [0.29, 0.717) is 29.0 Å². The molecule has 5 heteroatoms. The minimum atomic E-state index is -0.00971. The minimum Gasteiger partial charge on any atom is -0.295 e. The van der Waals surface area contributed by atoms with Gasteiger partial charge in [-0.05, 0) is 47.9 Å². The Labute approximate surface area is 145 Å². The second-order valence-electron chi connectivity index (χ2n) is 7.12. The first-order chi connectivity index (χ1) is 12.0. The fraction of sp³-hybridized carbons (Fsp3) is 0.300. The second-order valence-corrected chi connectivity index (χ2v) is 7.12. The summed E-state index contributed by atoms with van der Waals surface area (Å²) < 4.78 is 1.80. The van der Waals surface area contributed by atoms with Crippen LogP contribution in [0.3, 0.4) is 0 Å². The molecule has 3 aromatic heterocycles. The van der Waals surface area contributed by atoms with Gasteiger partial charge in [-0.1, -0.05) is 19.9 Å². The highest BCUT2D eigenvalue weighted by atomic mass is 16.1. The number of pyridine rings is 2. The van der Waals surface area contributed by atoms with Gasteiger partial charge in [0.05, 0.1) is 5.39 Å². The van der Waals surface area contributed by atoms with E-state index in [0.717, 1.165) is 18.7 Å². The summed E-state index contributed by atoms with van der Waals surface area (Å²) in [7, 11) is 0. The Balaban J connectivity index is 1.78. The van der Waals surface area contributed by atoms with E-state index >= 15 is 0 Å². The average Bonchev–Trinajstić information content (AvgIpc) is 2.61. The van der Waals surface area contributed by atoms with Crippen LogP contribution >= 0.6 is 0 Å². The number of rotatable bonds is 0. The van der Waals surface area contributed by atoms with Gasteiger partial charge in [0.2, 0.25) is 0 Å². The Morgan fingerprint density at radius 2 is 1.92 bits per heavy atom. The predicted molar refractivity (Wildman–Crippen MR) is 96.1 cm³/mol. The summed E-state index contributed by atoms with van der Waals surface area (Å²) in [6.07, 6.45) is 3.52. The van der Waals surface area contributed by atoms with Crippen LogP contribution in [0.2, 0.25) is 0 Å². The molecule has 1 aliphatic heterocycles. The molecule has 0 aromatic carbocycles. The Morgan fingerprint density at radius 1 is 1.08 bits per heavy atom. The molecule has 4 heterocycles. The van der Waals surface area contributed by atoms with Crippen molar-refractivity contribution in [3.05, 3.63) is 64.1 Å². The second kappa shape index (κ2) is 5.82. The molecular formula is C20H18N4O. The average molecular weight is 330 g/mol. The summed E-state index contributed by atoms with van der Waals surface area (Å²) in [4.78, 5) is 26.1. The lowest BCUT2D eigenvalue weighted by Crippen LogP contribution is -2.36. The van der Waals surface area contributed by atoms with Crippen molar-refractivity contribution < 1.29 is 0 Å². The molecule has 0 N–H and O–H groups in total. The number of hydrogen-bond acceptors (Lipinski definition) is 4. The Hall–Kier alpha value is -3.00. The van der Waals surface area contributed by atoms with Gasteiger partial charge in [0.1, 0.15) is 17.2 Å². The molecule has 0 aliphatic carbocycles. The van der Waals surface area contributed by atoms with Crippen molar-refractivity contribution in [2.45, 2.75) is 33.2 Å². The van der Waals surface area contributed by atoms with Gasteiger partial charge in [-0.2, -0.15) is 0 Å². The van der Waals surface area contributed by atoms with Gasteiger partial charge in [0, 0.05) is 19.2 Å². The first-order valence-corrected chi connectivity index (χ1v) is 8.35. The maximum Gasteiger partial charge on any atom is 0.263 e. The van der Waals surface area contributed by atoms with E-state index in [1.807, 2.05) is 18.2 Å². The van der Waals surface area contributed by atoms with Crippen molar-refractivity contribution in [3.8, 4) is 11.8 Å². The maximum absolute atomic E-state index is 12.8. The van der Waals surface area contributed by atoms with Crippen LogP contribution in [0.25, 0.3) is 11.0 Å². The van der Waals surface area contributed by atoms with Crippen LogP contribution in [-0.2, 0) is 13.0 Å². The van der Waals surface area contributed by atoms with Crippen LogP contribution in [0.4, 0.5) is 0 Å². The van der Waals surface area contributed by atoms with E-state index in [-0.39, 0.29) is 11.0 Å². The Kier molecular flexibility index (Phi) is 3.61. The van der Waals surface area contributed by atoms with E-state index in [1.165, 1.54) is 0 Å². The van der Waals surface area contributed by atoms with Gasteiger partial charge in [0.25, 0.3) is 5.56 Å². The molecule has 25 heavy (non-hydrogen) atoms. The van der Waals surface area contributed by atoms with Crippen molar-refractivity contribution in [3.63, 3.8) is 0 Å². The van der Waals surface area contributed by atoms with Gasteiger partial charge in [-0.25, -0.2) is 15.0 Å². The van der Waals surface area contributed by atoms with Crippen molar-refractivity contribution in [2.75, 3.05) is 0 Å². The number of hydrogen-bond donors (Lipinski definition) is 0. The molecule has 0 atom stereocenters. The molecule has 1 aliphatic rings. The van der Waals surface area contributed by atoms with E-state index in [2.05, 4.69) is 40.6 Å². The topological polar surface area (TPSA) is 60.7 Å². The Morgan fingerprint density at radius 3 is 2.72 bits per heavy atom. The molecule has 0 spiro atoms. The highest BCUT2D eigenvalue weighted by Gasteiger charge is 2.27. The van der Waals surface area contributed by atoms with Crippen molar-refractivity contribution in [2.24, 2.45) is 5.41 Å². The molecule has 0 radical (unpaired) electrons. The number of aryl methyl sites for hydroxylation is 1. The van der Waals surface area contributed by atoms with Crippen LogP contribution in [0.5, 0.6) is 0 Å². The first kappa shape index (κ1) is 15.5. The third kappa shape index (κ3) is 3.03. The molecule has 0 saturated heterocycles. The monoisotopic (exact) mass is 330 g/mol. The molecule has 0 amide bonds. The predicted octanol–water partition coefficient (Wildman–Crippen LogP) is 2.56. The molecule has 0 saturated carbocycles. The Bertz CT molecular complexity index is 1070. The SMILES string of the molecule is CC1(C)CCc2nc3nc(C#Cc4ccccn4)ccc3c(=O)n2C1. The molecule has 3 aromatic rings. The molecule has 5 nitrogen and oxygen atoms in total. The van der Waals surface area contributed by atoms with Gasteiger partial charge < -0.3 is 0 Å². The normalized spacial score (nSPS) is 15.3. The zero-order chi connectivity index (χ0) is 17.4. The van der Waals surface area contributed by atoms with Gasteiger partial charge >= 0.3 is 0 Å². The molecule has 0 bridgehead atoms. The van der Waals surface area contributed by atoms with Crippen LogP contribution in [0.1, 0.15) is 37.5 Å². The van der Waals surface area contributed by atoms with Crippen molar-refractivity contribution in [1.29, 1.82) is 0 Å². The fourth-order valence-electron chi connectivity index (χ4n) is 3.09. The van der Waals surface area contributed by atoms with E-state index in [9.17, 15) is 4.79 Å². The fourth-order valence-corrected chi connectivity index (χ4v) is 3.09. The molecule has 0 fully saturated rings. The van der Waals surface area contributed by atoms with Gasteiger partial charge in [-0.3, -0.25) is 9.36 Å². The smallest absolute Gasteiger partial charge is 0.263 e. The summed E-state index contributed by atoms with van der Waals surface area (Å²) in [6, 6.07) is 9.12. The van der Waals surface area contributed by atoms with Crippen LogP contribution < -0.4 is 5.56 Å². The van der Waals surface area contributed by atoms with E-state index in [4.69, 9.17) is 0 Å². The van der Waals surface area contributed by atoms with Crippen molar-refractivity contribution in [1.82, 2.24) is 19.5 Å². The highest BCUT2D eigenvalue weighted by molar-refractivity contribution is 5.74. The zero-order valence-corrected chi connectivity index (χ0v) is 14.3. The number of nitrogens with zero attached hydrogens (tertiary/aromatic N) is 4. The lowest BCUT2D eigenvalue weighted by molar-refractivity contribution is 0.240. The van der Waals surface area contributed by atoms with E-state index < -0.39 is 0 Å². The summed E-state index contributed by atoms with van der Waals surface area (Å²) in [5.74, 6) is 6.79. The van der Waals surface area contributed by atoms with Gasteiger partial charge in [-0.15, -0.1) is 0 Å². The number of aromatic nitrogens is 4. The standard InChI is InChI=1S/C20H18N4O/c1-20(2)11-10-17-23-18-16(19(25)24(17)13-20)9-8-15(22-18)7-6-14-5-3-4-12-21-14/h3-5,8-9,12H,10-11,13H2,1-2H3. The first-order valence-electron chi connectivity index (χ1n) is 8.35. The summed E-state index contributed by atoms with van der Waals surface area (Å²) in [5, 5.41) is 0.546. The summed E-state index contributed by atoms with van der Waals surface area (Å²) >= 11 is 0. The third-order valence-corrected chi connectivity index (χ3v) is 4.49.